The number of benzene rings is 2. The van der Waals surface area contributed by atoms with Crippen LogP contribution in [0, 0.1) is 0 Å². The highest BCUT2D eigenvalue weighted by atomic mass is 16.6. The van der Waals surface area contributed by atoms with Crippen molar-refractivity contribution in [2.24, 2.45) is 0 Å². The zero-order valence-corrected chi connectivity index (χ0v) is 11.0. The van der Waals surface area contributed by atoms with E-state index in [0.29, 0.717) is 11.3 Å². The molecular formula is C16H14O4. The number of para-hydroxylation sites is 1. The second-order valence-corrected chi connectivity index (χ2v) is 4.10. The first-order valence-corrected chi connectivity index (χ1v) is 6.12. The molecule has 0 aliphatic heterocycles. The number of hydrogen-bond acceptors (Lipinski definition) is 4. The van der Waals surface area contributed by atoms with Gasteiger partial charge in [0.25, 0.3) is 0 Å². The van der Waals surface area contributed by atoms with E-state index in [0.717, 1.165) is 0 Å². The molecule has 0 N–H and O–H groups in total. The van der Waals surface area contributed by atoms with Crippen LogP contribution in [0.5, 0.6) is 5.75 Å². The molecule has 2 aromatic carbocycles. The smallest absolute Gasteiger partial charge is 0.330 e. The Hall–Kier alpha value is -2.62. The highest BCUT2D eigenvalue weighted by molar-refractivity contribution is 6.01. The predicted molar refractivity (Wildman–Crippen MR) is 73.3 cm³/mol. The van der Waals surface area contributed by atoms with Crippen LogP contribution in [-0.2, 0) is 14.3 Å². The molecule has 0 radical (unpaired) electrons. The van der Waals surface area contributed by atoms with Crippen LogP contribution >= 0.6 is 0 Å². The fourth-order valence-corrected chi connectivity index (χ4v) is 1.80. The Balaban J connectivity index is 2.24. The highest BCUT2D eigenvalue weighted by Crippen LogP contribution is 2.21. The molecule has 0 amide bonds. The van der Waals surface area contributed by atoms with Crippen molar-refractivity contribution in [1.82, 2.24) is 0 Å². The first kappa shape index (κ1) is 13.8. The third-order valence-electron chi connectivity index (χ3n) is 2.77. The largest absolute Gasteiger partial charge is 0.468 e. The number of carbonyl (C=O) groups is 2. The lowest BCUT2D eigenvalue weighted by atomic mass is 9.99. The summed E-state index contributed by atoms with van der Waals surface area (Å²) in [5, 5.41) is 0. The Kier molecular flexibility index (Phi) is 4.50. The van der Waals surface area contributed by atoms with Gasteiger partial charge < -0.3 is 9.47 Å². The molecule has 0 aromatic heterocycles. The molecule has 0 aliphatic rings. The van der Waals surface area contributed by atoms with E-state index in [1.165, 1.54) is 7.11 Å². The van der Waals surface area contributed by atoms with Gasteiger partial charge in [0.2, 0.25) is 0 Å². The molecule has 0 fully saturated rings. The van der Waals surface area contributed by atoms with E-state index in [1.807, 2.05) is 6.07 Å². The van der Waals surface area contributed by atoms with Crippen LogP contribution in [0.15, 0.2) is 60.7 Å². The van der Waals surface area contributed by atoms with Gasteiger partial charge in [-0.15, -0.1) is 0 Å². The standard InChI is InChI=1S/C16H14O4/c1-19-15(17)14(12-8-4-2-5-9-12)16(18)20-13-10-6-3-7-11-13/h2-11,14H,1H3. The van der Waals surface area contributed by atoms with Crippen molar-refractivity contribution in [1.29, 1.82) is 0 Å². The van der Waals surface area contributed by atoms with Gasteiger partial charge >= 0.3 is 11.9 Å². The van der Waals surface area contributed by atoms with Gasteiger partial charge in [0.15, 0.2) is 5.92 Å². The van der Waals surface area contributed by atoms with E-state index in [4.69, 9.17) is 4.74 Å². The summed E-state index contributed by atoms with van der Waals surface area (Å²) >= 11 is 0. The van der Waals surface area contributed by atoms with E-state index in [1.54, 1.807) is 54.6 Å². The average Bonchev–Trinajstić information content (AvgIpc) is 2.49. The molecule has 20 heavy (non-hydrogen) atoms. The fraction of sp³-hybridized carbons (Fsp3) is 0.125. The van der Waals surface area contributed by atoms with Crippen molar-refractivity contribution in [2.75, 3.05) is 7.11 Å². The van der Waals surface area contributed by atoms with Crippen LogP contribution in [0.4, 0.5) is 0 Å². The van der Waals surface area contributed by atoms with Crippen LogP contribution in [0.2, 0.25) is 0 Å². The van der Waals surface area contributed by atoms with E-state index in [9.17, 15) is 9.59 Å². The van der Waals surface area contributed by atoms with Gasteiger partial charge in [-0.05, 0) is 17.7 Å². The maximum Gasteiger partial charge on any atom is 0.330 e. The van der Waals surface area contributed by atoms with Gasteiger partial charge in [0.1, 0.15) is 5.75 Å². The summed E-state index contributed by atoms with van der Waals surface area (Å²) in [7, 11) is 1.24. The number of methoxy groups -OCH3 is 1. The molecule has 4 heteroatoms. The summed E-state index contributed by atoms with van der Waals surface area (Å²) in [5.74, 6) is -1.99. The lowest BCUT2D eigenvalue weighted by molar-refractivity contribution is -0.150. The second kappa shape index (κ2) is 6.52. The van der Waals surface area contributed by atoms with E-state index < -0.39 is 17.9 Å². The summed E-state index contributed by atoms with van der Waals surface area (Å²) in [5.41, 5.74) is 0.542. The van der Waals surface area contributed by atoms with Crippen LogP contribution < -0.4 is 4.74 Å². The summed E-state index contributed by atoms with van der Waals surface area (Å²) in [6.07, 6.45) is 0. The van der Waals surface area contributed by atoms with Gasteiger partial charge in [0, 0.05) is 0 Å². The summed E-state index contributed by atoms with van der Waals surface area (Å²) in [6, 6.07) is 17.3. The van der Waals surface area contributed by atoms with Crippen LogP contribution in [-0.4, -0.2) is 19.0 Å². The van der Waals surface area contributed by atoms with Crippen molar-refractivity contribution in [2.45, 2.75) is 5.92 Å². The molecule has 0 saturated heterocycles. The van der Waals surface area contributed by atoms with Gasteiger partial charge in [-0.3, -0.25) is 9.59 Å². The molecule has 1 unspecified atom stereocenters. The Bertz CT molecular complexity index is 578. The Labute approximate surface area is 116 Å². The quantitative estimate of drug-likeness (QED) is 0.486. The maximum absolute atomic E-state index is 12.2. The topological polar surface area (TPSA) is 52.6 Å². The average molecular weight is 270 g/mol. The van der Waals surface area contributed by atoms with Gasteiger partial charge in [-0.1, -0.05) is 48.5 Å². The first-order valence-electron chi connectivity index (χ1n) is 6.12. The zero-order valence-electron chi connectivity index (χ0n) is 11.0. The first-order chi connectivity index (χ1) is 9.72. The third kappa shape index (κ3) is 3.23. The molecule has 2 aromatic rings. The molecule has 102 valence electrons. The highest BCUT2D eigenvalue weighted by Gasteiger charge is 2.31. The lowest BCUT2D eigenvalue weighted by Crippen LogP contribution is -2.27. The predicted octanol–water partition coefficient (Wildman–Crippen LogP) is 2.55. The Morgan fingerprint density at radius 3 is 1.95 bits per heavy atom. The van der Waals surface area contributed by atoms with Crippen molar-refractivity contribution in [3.8, 4) is 5.75 Å². The molecule has 0 spiro atoms. The number of rotatable bonds is 4. The van der Waals surface area contributed by atoms with Crippen molar-refractivity contribution < 1.29 is 19.1 Å². The zero-order chi connectivity index (χ0) is 14.4. The number of carbonyl (C=O) groups excluding carboxylic acids is 2. The lowest BCUT2D eigenvalue weighted by Gasteiger charge is -2.14. The Morgan fingerprint density at radius 2 is 1.40 bits per heavy atom. The second-order valence-electron chi connectivity index (χ2n) is 4.10. The fourth-order valence-electron chi connectivity index (χ4n) is 1.80. The molecular weight excluding hydrogens is 256 g/mol. The number of hydrogen-bond donors (Lipinski definition) is 0. The SMILES string of the molecule is COC(=O)C(C(=O)Oc1ccccc1)c1ccccc1. The molecule has 0 bridgehead atoms. The normalized spacial score (nSPS) is 11.4. The maximum atomic E-state index is 12.2. The Morgan fingerprint density at radius 1 is 0.850 bits per heavy atom. The van der Waals surface area contributed by atoms with Crippen molar-refractivity contribution in [3.05, 3.63) is 66.2 Å². The van der Waals surface area contributed by atoms with Gasteiger partial charge in [-0.2, -0.15) is 0 Å². The number of ether oxygens (including phenoxy) is 2. The third-order valence-corrected chi connectivity index (χ3v) is 2.77. The molecule has 2 rings (SSSR count). The minimum absolute atomic E-state index is 0.391. The monoisotopic (exact) mass is 270 g/mol. The number of esters is 2. The van der Waals surface area contributed by atoms with Crippen molar-refractivity contribution >= 4 is 11.9 Å². The van der Waals surface area contributed by atoms with Crippen LogP contribution in [0.3, 0.4) is 0 Å². The van der Waals surface area contributed by atoms with E-state index >= 15 is 0 Å². The van der Waals surface area contributed by atoms with Crippen LogP contribution in [0.25, 0.3) is 0 Å². The van der Waals surface area contributed by atoms with E-state index in [2.05, 4.69) is 4.74 Å². The minimum Gasteiger partial charge on any atom is -0.468 e. The molecule has 0 heterocycles. The summed E-state index contributed by atoms with van der Waals surface area (Å²) < 4.78 is 9.90. The van der Waals surface area contributed by atoms with Crippen LogP contribution in [0.1, 0.15) is 11.5 Å². The van der Waals surface area contributed by atoms with Gasteiger partial charge in [0.05, 0.1) is 7.11 Å². The minimum atomic E-state index is -1.08. The summed E-state index contributed by atoms with van der Waals surface area (Å²) in [6.45, 7) is 0. The van der Waals surface area contributed by atoms with E-state index in [-0.39, 0.29) is 0 Å². The van der Waals surface area contributed by atoms with Crippen molar-refractivity contribution in [3.63, 3.8) is 0 Å². The molecule has 0 aliphatic carbocycles. The van der Waals surface area contributed by atoms with Gasteiger partial charge in [-0.25, -0.2) is 0 Å². The molecule has 1 atom stereocenters. The summed E-state index contributed by atoms with van der Waals surface area (Å²) in [4.78, 5) is 24.0. The molecule has 0 saturated carbocycles. The molecule has 4 nitrogen and oxygen atoms in total.